The number of rotatable bonds is 6. The average molecular weight is 240 g/mol. The maximum atomic E-state index is 9.16. The van der Waals surface area contributed by atoms with Crippen molar-refractivity contribution in [2.45, 2.75) is 31.7 Å². The molecule has 0 spiro atoms. The molecule has 90 valence electrons. The van der Waals surface area contributed by atoms with E-state index in [0.717, 1.165) is 6.54 Å². The van der Waals surface area contributed by atoms with Crippen LogP contribution in [0.2, 0.25) is 0 Å². The number of aliphatic hydroxyl groups excluding tert-OH is 1. The number of nitrogens with zero attached hydrogens (tertiary/aromatic N) is 1. The van der Waals surface area contributed by atoms with Crippen LogP contribution in [0.15, 0.2) is 18.5 Å². The van der Waals surface area contributed by atoms with Gasteiger partial charge in [-0.25, -0.2) is 0 Å². The zero-order chi connectivity index (χ0) is 12.0. The second-order valence-corrected chi connectivity index (χ2v) is 5.07. The lowest BCUT2D eigenvalue weighted by atomic mass is 10.2. The summed E-state index contributed by atoms with van der Waals surface area (Å²) >= 11 is 1.69. The first kappa shape index (κ1) is 13.5. The monoisotopic (exact) mass is 240 g/mol. The Morgan fingerprint density at radius 3 is 2.81 bits per heavy atom. The van der Waals surface area contributed by atoms with Gasteiger partial charge in [0.15, 0.2) is 0 Å². The van der Waals surface area contributed by atoms with Gasteiger partial charge in [0.1, 0.15) is 0 Å². The van der Waals surface area contributed by atoms with E-state index in [1.54, 1.807) is 11.8 Å². The fourth-order valence-corrected chi connectivity index (χ4v) is 2.21. The molecule has 1 aromatic rings. The molecule has 2 N–H and O–H groups in total. The summed E-state index contributed by atoms with van der Waals surface area (Å²) in [6.07, 6.45) is 5.75. The second kappa shape index (κ2) is 6.89. The molecule has 0 bridgehead atoms. The van der Waals surface area contributed by atoms with Crippen LogP contribution >= 0.6 is 11.8 Å². The fourth-order valence-electron chi connectivity index (χ4n) is 1.56. The minimum absolute atomic E-state index is 0.210. The van der Waals surface area contributed by atoms with Gasteiger partial charge in [-0.15, -0.1) is 0 Å². The Hall–Kier alpha value is -0.580. The SMILES string of the molecule is CSC(CO)C(C)NCc1cncc(C)c1. The van der Waals surface area contributed by atoms with Crippen LogP contribution in [0.4, 0.5) is 0 Å². The Kier molecular flexibility index (Phi) is 5.80. The number of aliphatic hydroxyl groups is 1. The third kappa shape index (κ3) is 4.12. The van der Waals surface area contributed by atoms with Crippen molar-refractivity contribution in [2.75, 3.05) is 12.9 Å². The lowest BCUT2D eigenvalue weighted by Gasteiger charge is -2.21. The summed E-state index contributed by atoms with van der Waals surface area (Å²) in [4.78, 5) is 4.15. The molecule has 0 radical (unpaired) electrons. The Bertz CT molecular complexity index is 316. The lowest BCUT2D eigenvalue weighted by molar-refractivity contribution is 0.276. The highest BCUT2D eigenvalue weighted by molar-refractivity contribution is 7.99. The van der Waals surface area contributed by atoms with Crippen molar-refractivity contribution in [3.05, 3.63) is 29.6 Å². The summed E-state index contributed by atoms with van der Waals surface area (Å²) in [6.45, 7) is 5.15. The molecule has 0 aliphatic rings. The van der Waals surface area contributed by atoms with E-state index in [1.165, 1.54) is 11.1 Å². The third-order valence-electron chi connectivity index (χ3n) is 2.60. The van der Waals surface area contributed by atoms with E-state index in [-0.39, 0.29) is 11.9 Å². The van der Waals surface area contributed by atoms with Crippen molar-refractivity contribution in [3.63, 3.8) is 0 Å². The second-order valence-electron chi connectivity index (χ2n) is 4.00. The van der Waals surface area contributed by atoms with Gasteiger partial charge in [-0.1, -0.05) is 6.07 Å². The average Bonchev–Trinajstić information content (AvgIpc) is 2.28. The Balaban J connectivity index is 2.45. The molecule has 0 fully saturated rings. The van der Waals surface area contributed by atoms with Gasteiger partial charge in [0.2, 0.25) is 0 Å². The zero-order valence-electron chi connectivity index (χ0n) is 10.1. The van der Waals surface area contributed by atoms with Gasteiger partial charge >= 0.3 is 0 Å². The van der Waals surface area contributed by atoms with Crippen molar-refractivity contribution in [1.82, 2.24) is 10.3 Å². The van der Waals surface area contributed by atoms with Gasteiger partial charge in [-0.2, -0.15) is 11.8 Å². The van der Waals surface area contributed by atoms with Gasteiger partial charge in [0.05, 0.1) is 6.61 Å². The number of hydrogen-bond acceptors (Lipinski definition) is 4. The number of nitrogens with one attached hydrogen (secondary N) is 1. The van der Waals surface area contributed by atoms with Gasteiger partial charge in [0.25, 0.3) is 0 Å². The molecule has 0 amide bonds. The molecule has 1 aromatic heterocycles. The van der Waals surface area contributed by atoms with Crippen LogP contribution in [-0.2, 0) is 6.54 Å². The molecule has 0 saturated carbocycles. The number of pyridine rings is 1. The molecule has 1 heterocycles. The summed E-state index contributed by atoms with van der Waals surface area (Å²) in [5.41, 5.74) is 2.36. The van der Waals surface area contributed by atoms with Crippen molar-refractivity contribution >= 4 is 11.8 Å². The number of hydrogen-bond donors (Lipinski definition) is 2. The van der Waals surface area contributed by atoms with E-state index in [9.17, 15) is 0 Å². The van der Waals surface area contributed by atoms with Crippen LogP contribution in [0.3, 0.4) is 0 Å². The zero-order valence-corrected chi connectivity index (χ0v) is 10.9. The highest BCUT2D eigenvalue weighted by Crippen LogP contribution is 2.11. The van der Waals surface area contributed by atoms with E-state index in [0.29, 0.717) is 6.04 Å². The first-order valence-corrected chi connectivity index (χ1v) is 6.73. The highest BCUT2D eigenvalue weighted by atomic mass is 32.2. The summed E-state index contributed by atoms with van der Waals surface area (Å²) in [5.74, 6) is 0. The van der Waals surface area contributed by atoms with E-state index in [4.69, 9.17) is 5.11 Å². The minimum atomic E-state index is 0.210. The highest BCUT2D eigenvalue weighted by Gasteiger charge is 2.14. The van der Waals surface area contributed by atoms with E-state index < -0.39 is 0 Å². The van der Waals surface area contributed by atoms with E-state index >= 15 is 0 Å². The molecule has 16 heavy (non-hydrogen) atoms. The number of aromatic nitrogens is 1. The minimum Gasteiger partial charge on any atom is -0.395 e. The normalized spacial score (nSPS) is 14.8. The van der Waals surface area contributed by atoms with Crippen molar-refractivity contribution in [3.8, 4) is 0 Å². The summed E-state index contributed by atoms with van der Waals surface area (Å²) in [7, 11) is 0. The van der Waals surface area contributed by atoms with E-state index in [2.05, 4.69) is 23.3 Å². The van der Waals surface area contributed by atoms with Gasteiger partial charge < -0.3 is 10.4 Å². The predicted octanol–water partition coefficient (Wildman–Crippen LogP) is 1.59. The van der Waals surface area contributed by atoms with Crippen LogP contribution in [0.25, 0.3) is 0 Å². The molecule has 2 unspecified atom stereocenters. The smallest absolute Gasteiger partial charge is 0.0564 e. The third-order valence-corrected chi connectivity index (χ3v) is 3.76. The first-order chi connectivity index (χ1) is 7.67. The van der Waals surface area contributed by atoms with Crippen molar-refractivity contribution in [1.29, 1.82) is 0 Å². The Labute approximate surface area is 102 Å². The van der Waals surface area contributed by atoms with Crippen molar-refractivity contribution in [2.24, 2.45) is 0 Å². The molecule has 2 atom stereocenters. The quantitative estimate of drug-likeness (QED) is 0.792. The Morgan fingerprint density at radius 2 is 2.25 bits per heavy atom. The number of thioether (sulfide) groups is 1. The van der Waals surface area contributed by atoms with Crippen LogP contribution in [0.1, 0.15) is 18.1 Å². The van der Waals surface area contributed by atoms with Crippen LogP contribution in [0, 0.1) is 6.92 Å². The van der Waals surface area contributed by atoms with Crippen LogP contribution in [0.5, 0.6) is 0 Å². The molecular weight excluding hydrogens is 220 g/mol. The maximum Gasteiger partial charge on any atom is 0.0564 e. The molecule has 0 aromatic carbocycles. The molecule has 4 heteroatoms. The maximum absolute atomic E-state index is 9.16. The Morgan fingerprint density at radius 1 is 1.50 bits per heavy atom. The van der Waals surface area contributed by atoms with Crippen LogP contribution < -0.4 is 5.32 Å². The van der Waals surface area contributed by atoms with Gasteiger partial charge in [0, 0.05) is 30.2 Å². The molecule has 1 rings (SSSR count). The summed E-state index contributed by atoms with van der Waals surface area (Å²) in [5, 5.41) is 12.8. The van der Waals surface area contributed by atoms with Gasteiger partial charge in [-0.3, -0.25) is 4.98 Å². The molecular formula is C12H20N2OS. The van der Waals surface area contributed by atoms with Gasteiger partial charge in [-0.05, 0) is 31.2 Å². The summed E-state index contributed by atoms with van der Waals surface area (Å²) < 4.78 is 0. The van der Waals surface area contributed by atoms with Crippen LogP contribution in [-0.4, -0.2) is 34.2 Å². The van der Waals surface area contributed by atoms with Crippen molar-refractivity contribution < 1.29 is 5.11 Å². The molecule has 0 aliphatic carbocycles. The first-order valence-electron chi connectivity index (χ1n) is 5.45. The predicted molar refractivity (Wildman–Crippen MR) is 69.7 cm³/mol. The molecule has 0 aliphatic heterocycles. The standard InChI is InChI=1S/C12H20N2OS/c1-9-4-11(6-13-5-9)7-14-10(2)12(8-15)16-3/h4-6,10,12,14-15H,7-8H2,1-3H3. The fraction of sp³-hybridized carbons (Fsp3) is 0.583. The molecule has 0 saturated heterocycles. The number of aryl methyl sites for hydroxylation is 1. The largest absolute Gasteiger partial charge is 0.395 e. The summed E-state index contributed by atoms with van der Waals surface area (Å²) in [6, 6.07) is 2.42. The molecule has 3 nitrogen and oxygen atoms in total. The topological polar surface area (TPSA) is 45.1 Å². The van der Waals surface area contributed by atoms with E-state index in [1.807, 2.05) is 25.6 Å². The lowest BCUT2D eigenvalue weighted by Crippen LogP contribution is -2.37.